The molecule has 162 valence electrons. The van der Waals surface area contributed by atoms with Crippen LogP contribution in [0.4, 0.5) is 24.8 Å². The normalized spacial score (nSPS) is 14.0. The molecule has 1 aromatic carbocycles. The maximum atomic E-state index is 13.6. The number of hydrogen-bond acceptors (Lipinski definition) is 6. The molecule has 0 saturated heterocycles. The molecule has 31 heavy (non-hydrogen) atoms. The molecule has 3 heterocycles. The van der Waals surface area contributed by atoms with Crippen LogP contribution in [0.2, 0.25) is 0 Å². The molecule has 0 unspecified atom stereocenters. The molecule has 10 heteroatoms. The number of anilines is 2. The Morgan fingerprint density at radius 1 is 1.26 bits per heavy atom. The van der Waals surface area contributed by atoms with E-state index in [-0.39, 0.29) is 22.1 Å². The van der Waals surface area contributed by atoms with E-state index in [1.54, 1.807) is 0 Å². The van der Waals surface area contributed by atoms with Gasteiger partial charge in [-0.05, 0) is 42.3 Å². The SMILES string of the molecule is CCc1cc2c(cc1Nc1ncc(C(F)(F)F)c(-c3cc(C(N)=O)cs3)n1)CN(C)C2. The summed E-state index contributed by atoms with van der Waals surface area (Å²) in [5, 5.41) is 4.51. The fourth-order valence-corrected chi connectivity index (χ4v) is 4.53. The number of aromatic nitrogens is 2. The zero-order valence-electron chi connectivity index (χ0n) is 16.9. The summed E-state index contributed by atoms with van der Waals surface area (Å²) in [7, 11) is 2.03. The number of nitrogens with zero attached hydrogens (tertiary/aromatic N) is 3. The topological polar surface area (TPSA) is 84.1 Å². The molecule has 1 amide bonds. The van der Waals surface area contributed by atoms with Crippen LogP contribution in [0.5, 0.6) is 0 Å². The first-order valence-corrected chi connectivity index (χ1v) is 10.5. The van der Waals surface area contributed by atoms with E-state index in [2.05, 4.69) is 26.3 Å². The number of rotatable bonds is 5. The van der Waals surface area contributed by atoms with Gasteiger partial charge in [-0.2, -0.15) is 13.2 Å². The third-order valence-corrected chi connectivity index (χ3v) is 6.08. The largest absolute Gasteiger partial charge is 0.420 e. The number of thiophene rings is 1. The summed E-state index contributed by atoms with van der Waals surface area (Å²) >= 11 is 0.976. The third kappa shape index (κ3) is 4.26. The number of nitrogens with one attached hydrogen (secondary N) is 1. The Labute approximate surface area is 180 Å². The molecule has 6 nitrogen and oxygen atoms in total. The maximum absolute atomic E-state index is 13.6. The fourth-order valence-electron chi connectivity index (χ4n) is 3.63. The van der Waals surface area contributed by atoms with Gasteiger partial charge in [-0.1, -0.05) is 13.0 Å². The van der Waals surface area contributed by atoms with Crippen LogP contribution in [-0.4, -0.2) is 27.8 Å². The first-order chi connectivity index (χ1) is 14.7. The lowest BCUT2D eigenvalue weighted by molar-refractivity contribution is -0.137. The van der Waals surface area contributed by atoms with Crippen molar-refractivity contribution in [2.75, 3.05) is 12.4 Å². The van der Waals surface area contributed by atoms with Gasteiger partial charge in [0.2, 0.25) is 11.9 Å². The van der Waals surface area contributed by atoms with Gasteiger partial charge in [0, 0.05) is 30.4 Å². The molecule has 1 aliphatic rings. The summed E-state index contributed by atoms with van der Waals surface area (Å²) in [6.07, 6.45) is -3.13. The van der Waals surface area contributed by atoms with E-state index in [0.717, 1.165) is 48.3 Å². The molecule has 3 N–H and O–H groups in total. The Morgan fingerprint density at radius 3 is 2.58 bits per heavy atom. The number of carbonyl (C=O) groups is 1. The minimum absolute atomic E-state index is 0.0537. The zero-order chi connectivity index (χ0) is 22.3. The van der Waals surface area contributed by atoms with Crippen molar-refractivity contribution < 1.29 is 18.0 Å². The number of primary amides is 1. The zero-order valence-corrected chi connectivity index (χ0v) is 17.7. The van der Waals surface area contributed by atoms with Crippen molar-refractivity contribution in [2.45, 2.75) is 32.6 Å². The molecular formula is C21H20F3N5OS. The third-order valence-electron chi connectivity index (χ3n) is 5.14. The molecule has 1 aliphatic heterocycles. The number of aryl methyl sites for hydroxylation is 1. The van der Waals surface area contributed by atoms with Crippen molar-refractivity contribution in [3.05, 3.63) is 57.6 Å². The van der Waals surface area contributed by atoms with Gasteiger partial charge < -0.3 is 11.1 Å². The number of carbonyl (C=O) groups excluding carboxylic acids is 1. The summed E-state index contributed by atoms with van der Waals surface area (Å²) in [5.41, 5.74) is 8.34. The van der Waals surface area contributed by atoms with Gasteiger partial charge in [0.1, 0.15) is 5.56 Å². The molecule has 2 aromatic heterocycles. The molecule has 0 radical (unpaired) electrons. The van der Waals surface area contributed by atoms with E-state index in [9.17, 15) is 18.0 Å². The van der Waals surface area contributed by atoms with Crippen LogP contribution in [0.3, 0.4) is 0 Å². The highest BCUT2D eigenvalue weighted by Gasteiger charge is 2.36. The number of fused-ring (bicyclic) bond motifs is 1. The number of amides is 1. The molecule has 0 aliphatic carbocycles. The second kappa shape index (κ2) is 7.93. The molecule has 0 fully saturated rings. The Kier molecular flexibility index (Phi) is 5.44. The number of nitrogens with two attached hydrogens (primary N) is 1. The molecular weight excluding hydrogens is 427 g/mol. The Balaban J connectivity index is 1.75. The number of benzene rings is 1. The van der Waals surface area contributed by atoms with Crippen LogP contribution in [0.15, 0.2) is 29.8 Å². The number of halogens is 3. The van der Waals surface area contributed by atoms with Gasteiger partial charge in [-0.25, -0.2) is 9.97 Å². The van der Waals surface area contributed by atoms with E-state index in [1.807, 2.05) is 20.0 Å². The van der Waals surface area contributed by atoms with Crippen LogP contribution >= 0.6 is 11.3 Å². The minimum Gasteiger partial charge on any atom is -0.366 e. The standard InChI is InChI=1S/C21H20F3N5OS/c1-3-11-4-12-8-29(2)9-13(12)5-16(11)27-20-26-7-15(21(22,23)24)18(28-20)17-6-14(10-31-17)19(25)30/h4-7,10H,3,8-9H2,1-2H3,(H2,25,30)(H,26,27,28). The van der Waals surface area contributed by atoms with Crippen LogP contribution < -0.4 is 11.1 Å². The molecule has 0 spiro atoms. The van der Waals surface area contributed by atoms with Crippen LogP contribution in [-0.2, 0) is 25.7 Å². The highest BCUT2D eigenvalue weighted by atomic mass is 32.1. The first-order valence-electron chi connectivity index (χ1n) is 9.59. The quantitative estimate of drug-likeness (QED) is 0.598. The summed E-state index contributed by atoms with van der Waals surface area (Å²) in [6.45, 7) is 3.68. The van der Waals surface area contributed by atoms with Crippen molar-refractivity contribution in [1.82, 2.24) is 14.9 Å². The van der Waals surface area contributed by atoms with Gasteiger partial charge in [-0.3, -0.25) is 9.69 Å². The van der Waals surface area contributed by atoms with E-state index in [1.165, 1.54) is 22.6 Å². The smallest absolute Gasteiger partial charge is 0.366 e. The molecule has 4 rings (SSSR count). The number of hydrogen-bond donors (Lipinski definition) is 2. The fraction of sp³-hybridized carbons (Fsp3) is 0.286. The monoisotopic (exact) mass is 447 g/mol. The van der Waals surface area contributed by atoms with Crippen molar-refractivity contribution in [3.63, 3.8) is 0 Å². The van der Waals surface area contributed by atoms with E-state index < -0.39 is 17.6 Å². The highest BCUT2D eigenvalue weighted by molar-refractivity contribution is 7.13. The molecule has 0 atom stereocenters. The Bertz CT molecular complexity index is 1160. The van der Waals surface area contributed by atoms with Gasteiger partial charge in [0.15, 0.2) is 0 Å². The number of alkyl halides is 3. The highest BCUT2D eigenvalue weighted by Crippen LogP contribution is 2.39. The van der Waals surface area contributed by atoms with Crippen molar-refractivity contribution in [2.24, 2.45) is 5.73 Å². The minimum atomic E-state index is -4.64. The molecule has 0 saturated carbocycles. The second-order valence-corrected chi connectivity index (χ2v) is 8.36. The van der Waals surface area contributed by atoms with E-state index in [0.29, 0.717) is 0 Å². The maximum Gasteiger partial charge on any atom is 0.420 e. The van der Waals surface area contributed by atoms with Crippen LogP contribution in [0, 0.1) is 0 Å². The summed E-state index contributed by atoms with van der Waals surface area (Å²) in [6, 6.07) is 5.44. The van der Waals surface area contributed by atoms with Crippen molar-refractivity contribution >= 4 is 28.9 Å². The van der Waals surface area contributed by atoms with Gasteiger partial charge in [0.25, 0.3) is 0 Å². The first kappa shape index (κ1) is 21.3. The Hall–Kier alpha value is -2.98. The average Bonchev–Trinajstić information content (AvgIpc) is 3.32. The molecule has 0 bridgehead atoms. The molecule has 3 aromatic rings. The van der Waals surface area contributed by atoms with Gasteiger partial charge in [0.05, 0.1) is 16.1 Å². The predicted molar refractivity (Wildman–Crippen MR) is 113 cm³/mol. The van der Waals surface area contributed by atoms with Gasteiger partial charge >= 0.3 is 6.18 Å². The lowest BCUT2D eigenvalue weighted by Gasteiger charge is -2.15. The average molecular weight is 447 g/mol. The van der Waals surface area contributed by atoms with Crippen molar-refractivity contribution in [1.29, 1.82) is 0 Å². The van der Waals surface area contributed by atoms with Gasteiger partial charge in [-0.15, -0.1) is 11.3 Å². The van der Waals surface area contributed by atoms with Crippen molar-refractivity contribution in [3.8, 4) is 10.6 Å². The Morgan fingerprint density at radius 2 is 1.97 bits per heavy atom. The van der Waals surface area contributed by atoms with E-state index in [4.69, 9.17) is 5.73 Å². The van der Waals surface area contributed by atoms with Crippen LogP contribution in [0.25, 0.3) is 10.6 Å². The second-order valence-electron chi connectivity index (χ2n) is 7.45. The summed E-state index contributed by atoms with van der Waals surface area (Å²) in [4.78, 5) is 21.8. The summed E-state index contributed by atoms with van der Waals surface area (Å²) in [5.74, 6) is -0.655. The lowest BCUT2D eigenvalue weighted by atomic mass is 10.0. The van der Waals surface area contributed by atoms with E-state index >= 15 is 0 Å². The van der Waals surface area contributed by atoms with Crippen LogP contribution in [0.1, 0.15) is 39.5 Å². The lowest BCUT2D eigenvalue weighted by Crippen LogP contribution is -2.11. The predicted octanol–water partition coefficient (Wildman–Crippen LogP) is 4.57. The summed E-state index contributed by atoms with van der Waals surface area (Å²) < 4.78 is 40.7.